The lowest BCUT2D eigenvalue weighted by molar-refractivity contribution is 0.0951. The maximum atomic E-state index is 13.5. The maximum absolute atomic E-state index is 13.5. The van der Waals surface area contributed by atoms with Gasteiger partial charge >= 0.3 is 0 Å². The van der Waals surface area contributed by atoms with Gasteiger partial charge in [0.1, 0.15) is 12.4 Å². The van der Waals surface area contributed by atoms with E-state index in [0.29, 0.717) is 17.9 Å². The van der Waals surface area contributed by atoms with Crippen LogP contribution < -0.4 is 26.2 Å². The van der Waals surface area contributed by atoms with Crippen LogP contribution in [0.4, 0.5) is 5.82 Å². The van der Waals surface area contributed by atoms with Crippen LogP contribution in [0, 0.1) is 13.8 Å². The lowest BCUT2D eigenvalue weighted by Crippen LogP contribution is -2.34. The molecule has 0 bridgehead atoms. The van der Waals surface area contributed by atoms with Gasteiger partial charge in [0.15, 0.2) is 5.82 Å². The van der Waals surface area contributed by atoms with Crippen molar-refractivity contribution in [1.82, 2.24) is 20.2 Å². The van der Waals surface area contributed by atoms with Gasteiger partial charge in [0.2, 0.25) is 0 Å². The van der Waals surface area contributed by atoms with Gasteiger partial charge in [-0.2, -0.15) is 8.42 Å². The second-order valence-corrected chi connectivity index (χ2v) is 13.1. The number of benzene rings is 3. The zero-order chi connectivity index (χ0) is 33.5. The summed E-state index contributed by atoms with van der Waals surface area (Å²) in [6, 6.07) is 19.4. The third kappa shape index (κ3) is 9.03. The number of hydrogen-bond acceptors (Lipinski definition) is 8. The van der Waals surface area contributed by atoms with E-state index in [1.165, 1.54) is 16.7 Å². The van der Waals surface area contributed by atoms with Crippen LogP contribution in [0.3, 0.4) is 0 Å². The number of carbonyl (C=O) groups excluding carboxylic acids is 1. The number of likely N-dealkylation sites (N-methyl/N-ethyl adjacent to an activating group) is 1. The molecule has 46 heavy (non-hydrogen) atoms. The van der Waals surface area contributed by atoms with Gasteiger partial charge in [-0.05, 0) is 83.5 Å². The Morgan fingerprint density at radius 1 is 1.07 bits per heavy atom. The molecule has 0 unspecified atom stereocenters. The van der Waals surface area contributed by atoms with E-state index in [4.69, 9.17) is 9.29 Å². The molecular formula is C34H41N5O6S. The third-order valence-corrected chi connectivity index (χ3v) is 8.27. The monoisotopic (exact) mass is 647 g/mol. The molecule has 0 atom stereocenters. The molecule has 12 heteroatoms. The molecule has 244 valence electrons. The van der Waals surface area contributed by atoms with Gasteiger partial charge in [0.05, 0.1) is 16.1 Å². The number of amides is 1. The van der Waals surface area contributed by atoms with Gasteiger partial charge in [0.25, 0.3) is 21.6 Å². The van der Waals surface area contributed by atoms with Crippen molar-refractivity contribution in [2.45, 2.75) is 57.0 Å². The molecular weight excluding hydrogens is 606 g/mol. The largest absolute Gasteiger partial charge is 0.492 e. The van der Waals surface area contributed by atoms with Gasteiger partial charge in [-0.15, -0.1) is 0 Å². The summed E-state index contributed by atoms with van der Waals surface area (Å²) >= 11 is 0. The Kier molecular flexibility index (Phi) is 11.0. The van der Waals surface area contributed by atoms with Crippen molar-refractivity contribution in [3.63, 3.8) is 0 Å². The van der Waals surface area contributed by atoms with E-state index in [1.807, 2.05) is 65.1 Å². The molecule has 4 aromatic rings. The Labute approximate surface area is 269 Å². The quantitative estimate of drug-likeness (QED) is 0.135. The zero-order valence-corrected chi connectivity index (χ0v) is 27.5. The normalized spacial score (nSPS) is 12.9. The van der Waals surface area contributed by atoms with Crippen molar-refractivity contribution < 1.29 is 22.5 Å². The molecule has 4 N–H and O–H groups in total. The number of ether oxygens (including phenoxy) is 1. The van der Waals surface area contributed by atoms with E-state index < -0.39 is 15.7 Å². The van der Waals surface area contributed by atoms with Gasteiger partial charge in [0, 0.05) is 36.1 Å². The molecule has 1 aliphatic carbocycles. The van der Waals surface area contributed by atoms with Crippen LogP contribution >= 0.6 is 0 Å². The fraction of sp³-hybridized carbons (Fsp3) is 0.324. The summed E-state index contributed by atoms with van der Waals surface area (Å²) in [5.74, 6) is 0.849. The molecule has 0 aliphatic heterocycles. The Hall–Kier alpha value is -4.52. The predicted octanol–water partition coefficient (Wildman–Crippen LogP) is 4.62. The van der Waals surface area contributed by atoms with Crippen molar-refractivity contribution in [2.24, 2.45) is 0 Å². The Morgan fingerprint density at radius 2 is 1.76 bits per heavy atom. The number of carbonyl (C=O) groups is 1. The minimum absolute atomic E-state index is 0.0666. The van der Waals surface area contributed by atoms with Crippen LogP contribution in [0.1, 0.15) is 53.7 Å². The summed E-state index contributed by atoms with van der Waals surface area (Å²) in [6.07, 6.45) is 5.25. The van der Waals surface area contributed by atoms with E-state index in [-0.39, 0.29) is 28.2 Å². The number of nitrogens with zero attached hydrogens (tertiary/aromatic N) is 2. The number of nitrogens with one attached hydrogen (secondary N) is 3. The summed E-state index contributed by atoms with van der Waals surface area (Å²) in [7, 11) is -2.14. The summed E-state index contributed by atoms with van der Waals surface area (Å²) < 4.78 is 37.0. The predicted molar refractivity (Wildman–Crippen MR) is 179 cm³/mol. The second kappa shape index (κ2) is 14.7. The number of aryl methyl sites for hydroxylation is 2. The van der Waals surface area contributed by atoms with E-state index >= 15 is 0 Å². The van der Waals surface area contributed by atoms with Crippen LogP contribution in [-0.4, -0.2) is 54.7 Å². The number of rotatable bonds is 11. The molecule has 5 rings (SSSR count). The van der Waals surface area contributed by atoms with Crippen LogP contribution in [0.25, 0.3) is 5.69 Å². The summed E-state index contributed by atoms with van der Waals surface area (Å²) in [5, 5.41) is 9.39. The van der Waals surface area contributed by atoms with E-state index in [1.54, 1.807) is 36.7 Å². The number of aromatic nitrogens is 2. The molecule has 1 aliphatic rings. The topological polar surface area (TPSA) is 152 Å². The highest BCUT2D eigenvalue weighted by Gasteiger charge is 2.27. The summed E-state index contributed by atoms with van der Waals surface area (Å²) in [5.41, 5.74) is 3.01. The maximum Gasteiger partial charge on any atom is 0.297 e. The third-order valence-electron chi connectivity index (χ3n) is 7.40. The van der Waals surface area contributed by atoms with Gasteiger partial charge in [-0.3, -0.25) is 18.7 Å². The molecule has 1 heterocycles. The summed E-state index contributed by atoms with van der Waals surface area (Å²) in [6.45, 7) is 8.99. The van der Waals surface area contributed by atoms with Crippen LogP contribution in [0.2, 0.25) is 0 Å². The lowest BCUT2D eigenvalue weighted by atomic mass is 9.93. The highest BCUT2D eigenvalue weighted by molar-refractivity contribution is 7.85. The highest BCUT2D eigenvalue weighted by atomic mass is 32.2. The van der Waals surface area contributed by atoms with Gasteiger partial charge in [-0.1, -0.05) is 42.0 Å². The molecule has 1 amide bonds. The average molecular weight is 648 g/mol. The fourth-order valence-corrected chi connectivity index (χ4v) is 5.12. The second-order valence-electron chi connectivity index (χ2n) is 11.7. The minimum atomic E-state index is -4.02. The Balaban J connectivity index is 0.000000369. The molecule has 11 nitrogen and oxygen atoms in total. The number of anilines is 1. The van der Waals surface area contributed by atoms with Crippen molar-refractivity contribution in [3.8, 4) is 11.4 Å². The van der Waals surface area contributed by atoms with Crippen LogP contribution in [0.15, 0.2) is 88.8 Å². The van der Waals surface area contributed by atoms with Crippen molar-refractivity contribution in [1.29, 1.82) is 0 Å². The first-order valence-electron chi connectivity index (χ1n) is 15.0. The Morgan fingerprint density at radius 3 is 2.41 bits per heavy atom. The lowest BCUT2D eigenvalue weighted by Gasteiger charge is -2.29. The molecule has 3 aromatic carbocycles. The summed E-state index contributed by atoms with van der Waals surface area (Å²) in [4.78, 5) is 30.3. The first-order chi connectivity index (χ1) is 21.8. The average Bonchev–Trinajstić information content (AvgIpc) is 3.83. The van der Waals surface area contributed by atoms with Crippen LogP contribution in [-0.2, 0) is 15.7 Å². The van der Waals surface area contributed by atoms with Crippen molar-refractivity contribution in [2.75, 3.05) is 25.5 Å². The molecule has 1 fully saturated rings. The van der Waals surface area contributed by atoms with E-state index in [0.717, 1.165) is 41.8 Å². The Bertz CT molecular complexity index is 1830. The number of para-hydroxylation sites is 1. The zero-order valence-electron chi connectivity index (χ0n) is 26.7. The first kappa shape index (κ1) is 34.4. The van der Waals surface area contributed by atoms with Crippen molar-refractivity contribution >= 4 is 21.8 Å². The standard InChI is InChI=1S/C27H33N5O3.C7H8O3S/c1-18-9-10-19(25(33)30-20-11-12-20)17-22(18)32-15-13-29-24(26(32)34)31-27(2,3)21-7-5-6-8-23(21)35-16-14-28-4;1-6-2-4-7(5-3-6)11(8,9)10/h5-10,13,15,17,20,28H,11-12,14,16H2,1-4H3,(H,29,31)(H,30,33);2-5H,1H3,(H,8,9,10). The molecule has 0 saturated heterocycles. The minimum Gasteiger partial charge on any atom is -0.492 e. The highest BCUT2D eigenvalue weighted by Crippen LogP contribution is 2.32. The van der Waals surface area contributed by atoms with Gasteiger partial charge < -0.3 is 20.7 Å². The smallest absolute Gasteiger partial charge is 0.297 e. The molecule has 0 radical (unpaired) electrons. The molecule has 1 aromatic heterocycles. The number of hydrogen-bond donors (Lipinski definition) is 4. The van der Waals surface area contributed by atoms with Gasteiger partial charge in [-0.25, -0.2) is 4.98 Å². The van der Waals surface area contributed by atoms with E-state index in [2.05, 4.69) is 20.9 Å². The molecule has 0 spiro atoms. The first-order valence-corrected chi connectivity index (χ1v) is 16.4. The van der Waals surface area contributed by atoms with Crippen molar-refractivity contribution in [3.05, 3.63) is 112 Å². The molecule has 1 saturated carbocycles. The SMILES string of the molecule is CNCCOc1ccccc1C(C)(C)Nc1nccn(-c2cc(C(=O)NC3CC3)ccc2C)c1=O.Cc1ccc(S(=O)(=O)O)cc1. The van der Waals surface area contributed by atoms with E-state index in [9.17, 15) is 18.0 Å². The van der Waals surface area contributed by atoms with Crippen LogP contribution in [0.5, 0.6) is 5.75 Å². The fourth-order valence-electron chi connectivity index (χ4n) is 4.64.